The van der Waals surface area contributed by atoms with Crippen LogP contribution >= 0.6 is 0 Å². The van der Waals surface area contributed by atoms with Gasteiger partial charge in [0.1, 0.15) is 0 Å². The molecule has 0 spiro atoms. The van der Waals surface area contributed by atoms with Crippen molar-refractivity contribution in [2.24, 2.45) is 0 Å². The molecule has 0 aromatic rings. The van der Waals surface area contributed by atoms with Crippen molar-refractivity contribution in [3.05, 3.63) is 0 Å². The second kappa shape index (κ2) is 8.28. The zero-order chi connectivity index (χ0) is 23.0. The Bertz CT molecular complexity index is 498. The molecule has 0 nitrogen and oxygen atoms in total. The van der Waals surface area contributed by atoms with Crippen LogP contribution in [0.3, 0.4) is 0 Å². The lowest BCUT2D eigenvalue weighted by Gasteiger charge is -2.36. The molecule has 0 bridgehead atoms. The summed E-state index contributed by atoms with van der Waals surface area (Å²) in [4.78, 5) is 0. The van der Waals surface area contributed by atoms with Gasteiger partial charge in [-0.2, -0.15) is 39.5 Å². The van der Waals surface area contributed by atoms with Crippen molar-refractivity contribution >= 4 is 0 Å². The molecule has 0 amide bonds. The van der Waals surface area contributed by atoms with Crippen LogP contribution in [0.5, 0.6) is 0 Å². The van der Waals surface area contributed by atoms with Gasteiger partial charge in [-0.25, -0.2) is 35.1 Å². The third-order valence-electron chi connectivity index (χ3n) is 3.25. The summed E-state index contributed by atoms with van der Waals surface area (Å²) in [6.07, 6.45) is -40.4. The average molecular weight is 462 g/mol. The van der Waals surface area contributed by atoms with Crippen molar-refractivity contribution in [3.8, 4) is 0 Å². The van der Waals surface area contributed by atoms with E-state index in [1.807, 2.05) is 0 Å². The molecular formula is C11H7F17. The molecule has 0 aliphatic rings. The monoisotopic (exact) mass is 462 g/mol. The summed E-state index contributed by atoms with van der Waals surface area (Å²) in [5, 5.41) is 0. The Kier molecular flexibility index (Phi) is 7.93. The van der Waals surface area contributed by atoms with Crippen LogP contribution in [0.25, 0.3) is 0 Å². The topological polar surface area (TPSA) is 0 Å². The van der Waals surface area contributed by atoms with Crippen molar-refractivity contribution in [2.45, 2.75) is 67.4 Å². The Labute approximate surface area is 143 Å². The Balaban J connectivity index is 5.72. The maximum atomic E-state index is 13.2. The van der Waals surface area contributed by atoms with Gasteiger partial charge in [0.2, 0.25) is 6.17 Å². The van der Waals surface area contributed by atoms with Gasteiger partial charge in [0, 0.05) is 0 Å². The molecule has 0 rings (SSSR count). The maximum Gasteiger partial charge on any atom is 0.460 e. The number of hydrogen-bond donors (Lipinski definition) is 0. The molecule has 0 aromatic carbocycles. The van der Waals surface area contributed by atoms with Crippen molar-refractivity contribution < 1.29 is 74.6 Å². The SMILES string of the molecule is FC(F)C(F)C(F)C(F)C(F)C(F)C(F)C(F)(F)C(F)(F)C(F)(F)C(F)(F)F. The molecule has 0 radical (unpaired) electrons. The standard InChI is InChI=1S/C11H7F17/c12-1(3(14)5(16)7(18)19)2(13)4(15)6(17)8(20,21)9(22,23)10(24,25)11(26,27)28/h1-7H. The van der Waals surface area contributed by atoms with Crippen LogP contribution in [0.15, 0.2) is 0 Å². The minimum Gasteiger partial charge on any atom is -0.241 e. The van der Waals surface area contributed by atoms with Crippen LogP contribution in [0.4, 0.5) is 74.6 Å². The molecule has 0 saturated carbocycles. The number of hydrogen-bond acceptors (Lipinski definition) is 0. The van der Waals surface area contributed by atoms with E-state index in [1.165, 1.54) is 0 Å². The van der Waals surface area contributed by atoms with Crippen molar-refractivity contribution in [1.82, 2.24) is 0 Å². The summed E-state index contributed by atoms with van der Waals surface area (Å²) in [6.45, 7) is 0. The zero-order valence-corrected chi connectivity index (χ0v) is 12.5. The maximum absolute atomic E-state index is 13.2. The second-order valence-corrected chi connectivity index (χ2v) is 5.23. The number of alkyl halides is 17. The van der Waals surface area contributed by atoms with E-state index >= 15 is 0 Å². The van der Waals surface area contributed by atoms with Crippen molar-refractivity contribution in [3.63, 3.8) is 0 Å². The first-order chi connectivity index (χ1) is 12.2. The van der Waals surface area contributed by atoms with E-state index in [0.29, 0.717) is 0 Å². The number of rotatable bonds is 9. The van der Waals surface area contributed by atoms with E-state index in [4.69, 9.17) is 0 Å². The molecule has 6 unspecified atom stereocenters. The highest BCUT2D eigenvalue weighted by Crippen LogP contribution is 2.55. The molecule has 0 aromatic heterocycles. The average Bonchev–Trinajstić information content (AvgIpc) is 2.55. The van der Waals surface area contributed by atoms with Crippen LogP contribution in [-0.4, -0.2) is 67.4 Å². The van der Waals surface area contributed by atoms with E-state index in [9.17, 15) is 74.6 Å². The van der Waals surface area contributed by atoms with E-state index in [2.05, 4.69) is 0 Å². The normalized spacial score (nSPS) is 21.2. The third-order valence-corrected chi connectivity index (χ3v) is 3.25. The predicted molar refractivity (Wildman–Crippen MR) is 56.3 cm³/mol. The van der Waals surface area contributed by atoms with Gasteiger partial charge >= 0.3 is 23.9 Å². The van der Waals surface area contributed by atoms with E-state index in [0.717, 1.165) is 0 Å². The predicted octanol–water partition coefficient (Wildman–Crippen LogP) is 5.75. The summed E-state index contributed by atoms with van der Waals surface area (Å²) in [5.74, 6) is -22.8. The first-order valence-electron chi connectivity index (χ1n) is 6.49. The van der Waals surface area contributed by atoms with Gasteiger partial charge in [-0.15, -0.1) is 0 Å². The lowest BCUT2D eigenvalue weighted by Crippen LogP contribution is -2.65. The Morgan fingerprint density at radius 3 is 1.04 bits per heavy atom. The largest absolute Gasteiger partial charge is 0.460 e. The summed E-state index contributed by atoms with van der Waals surface area (Å²) in [5.41, 5.74) is 0. The second-order valence-electron chi connectivity index (χ2n) is 5.23. The molecule has 28 heavy (non-hydrogen) atoms. The van der Waals surface area contributed by atoms with Gasteiger partial charge in [-0.05, 0) is 0 Å². The molecule has 17 heteroatoms. The van der Waals surface area contributed by atoms with Gasteiger partial charge < -0.3 is 0 Å². The van der Waals surface area contributed by atoms with Gasteiger partial charge in [-0.3, -0.25) is 0 Å². The van der Waals surface area contributed by atoms with Crippen LogP contribution in [0.2, 0.25) is 0 Å². The molecule has 0 N–H and O–H groups in total. The molecule has 0 aliphatic heterocycles. The van der Waals surface area contributed by atoms with E-state index < -0.39 is 67.4 Å². The van der Waals surface area contributed by atoms with Crippen LogP contribution in [0, 0.1) is 0 Å². The van der Waals surface area contributed by atoms with E-state index in [-0.39, 0.29) is 0 Å². The first kappa shape index (κ1) is 26.8. The third kappa shape index (κ3) is 4.52. The van der Waals surface area contributed by atoms with Crippen molar-refractivity contribution in [2.75, 3.05) is 0 Å². The Morgan fingerprint density at radius 2 is 0.714 bits per heavy atom. The summed E-state index contributed by atoms with van der Waals surface area (Å²) < 4.78 is 214. The van der Waals surface area contributed by atoms with E-state index in [1.54, 1.807) is 0 Å². The van der Waals surface area contributed by atoms with Crippen LogP contribution in [-0.2, 0) is 0 Å². The van der Waals surface area contributed by atoms with Crippen molar-refractivity contribution in [1.29, 1.82) is 0 Å². The summed E-state index contributed by atoms with van der Waals surface area (Å²) in [7, 11) is 0. The summed E-state index contributed by atoms with van der Waals surface area (Å²) in [6, 6.07) is 0. The highest BCUT2D eigenvalue weighted by atomic mass is 19.4. The van der Waals surface area contributed by atoms with Crippen LogP contribution < -0.4 is 0 Å². The molecule has 170 valence electrons. The Morgan fingerprint density at radius 1 is 0.393 bits per heavy atom. The number of halogens is 17. The van der Waals surface area contributed by atoms with Gasteiger partial charge in [0.15, 0.2) is 30.9 Å². The molecule has 0 saturated heterocycles. The van der Waals surface area contributed by atoms with Gasteiger partial charge in [-0.1, -0.05) is 0 Å². The molecule has 0 aliphatic carbocycles. The minimum atomic E-state index is -7.76. The fourth-order valence-corrected chi connectivity index (χ4v) is 1.59. The van der Waals surface area contributed by atoms with Gasteiger partial charge in [0.25, 0.3) is 6.43 Å². The highest BCUT2D eigenvalue weighted by Gasteiger charge is 2.84. The highest BCUT2D eigenvalue weighted by molar-refractivity contribution is 5.06. The lowest BCUT2D eigenvalue weighted by molar-refractivity contribution is -0.405. The first-order valence-corrected chi connectivity index (χ1v) is 6.49. The van der Waals surface area contributed by atoms with Gasteiger partial charge in [0.05, 0.1) is 0 Å². The fraction of sp³-hybridized carbons (Fsp3) is 1.00. The summed E-state index contributed by atoms with van der Waals surface area (Å²) >= 11 is 0. The lowest BCUT2D eigenvalue weighted by atomic mass is 9.93. The Hall–Kier alpha value is -1.19. The smallest absolute Gasteiger partial charge is 0.241 e. The minimum absolute atomic E-state index is 4.23. The molecule has 0 heterocycles. The fourth-order valence-electron chi connectivity index (χ4n) is 1.59. The van der Waals surface area contributed by atoms with Crippen LogP contribution in [0.1, 0.15) is 0 Å². The molecule has 6 atom stereocenters. The molecular weight excluding hydrogens is 455 g/mol. The zero-order valence-electron chi connectivity index (χ0n) is 12.5. The quantitative estimate of drug-likeness (QED) is 0.383. The molecule has 0 fully saturated rings.